The largest absolute Gasteiger partial charge is 0.395 e. The van der Waals surface area contributed by atoms with E-state index in [2.05, 4.69) is 34.9 Å². The van der Waals surface area contributed by atoms with Gasteiger partial charge in [0.2, 0.25) is 0 Å². The van der Waals surface area contributed by atoms with Crippen LogP contribution in [-0.2, 0) is 0 Å². The first-order valence-corrected chi connectivity index (χ1v) is 6.35. The molecule has 0 unspecified atom stereocenters. The van der Waals surface area contributed by atoms with E-state index in [1.54, 1.807) is 0 Å². The maximum absolute atomic E-state index is 8.69. The van der Waals surface area contributed by atoms with Crippen LogP contribution in [0.5, 0.6) is 0 Å². The van der Waals surface area contributed by atoms with E-state index in [-0.39, 0.29) is 6.61 Å². The summed E-state index contributed by atoms with van der Waals surface area (Å²) in [5.41, 5.74) is 2.32. The van der Waals surface area contributed by atoms with Crippen molar-refractivity contribution in [2.24, 2.45) is 0 Å². The molecule has 1 aromatic rings. The third-order valence-electron chi connectivity index (χ3n) is 3.04. The number of aliphatic hydroxyl groups is 1. The molecular weight excluding hydrogens is 210 g/mol. The van der Waals surface area contributed by atoms with Gasteiger partial charge < -0.3 is 10.0 Å². The van der Waals surface area contributed by atoms with Crippen LogP contribution in [0, 0.1) is 11.8 Å². The minimum Gasteiger partial charge on any atom is -0.395 e. The topological polar surface area (TPSA) is 23.5 Å². The number of rotatable bonds is 2. The second kappa shape index (κ2) is 6.32. The van der Waals surface area contributed by atoms with Crippen molar-refractivity contribution < 1.29 is 5.11 Å². The van der Waals surface area contributed by atoms with Crippen molar-refractivity contribution in [2.75, 3.05) is 24.6 Å². The van der Waals surface area contributed by atoms with Gasteiger partial charge >= 0.3 is 0 Å². The number of nitrogens with zero attached hydrogens (tertiary/aromatic N) is 1. The van der Waals surface area contributed by atoms with Gasteiger partial charge in [0.25, 0.3) is 0 Å². The zero-order chi connectivity index (χ0) is 11.9. The smallest absolute Gasteiger partial charge is 0.0540 e. The van der Waals surface area contributed by atoms with Gasteiger partial charge in [-0.2, -0.15) is 0 Å². The average molecular weight is 229 g/mol. The second-order valence-electron chi connectivity index (χ2n) is 4.37. The standard InChI is InChI=1S/C15H19NO/c17-12-5-2-7-14-8-6-9-15(13-14)16-10-3-1-4-11-16/h6,8-9,13,17H,1,3-5,10-12H2. The number of benzene rings is 1. The molecule has 1 fully saturated rings. The maximum atomic E-state index is 8.69. The van der Waals surface area contributed by atoms with Crippen LogP contribution in [0.2, 0.25) is 0 Å². The fourth-order valence-corrected chi connectivity index (χ4v) is 2.15. The van der Waals surface area contributed by atoms with Crippen molar-refractivity contribution in [1.29, 1.82) is 0 Å². The summed E-state index contributed by atoms with van der Waals surface area (Å²) in [6.07, 6.45) is 4.49. The van der Waals surface area contributed by atoms with Gasteiger partial charge in [-0.15, -0.1) is 0 Å². The second-order valence-corrected chi connectivity index (χ2v) is 4.37. The Morgan fingerprint density at radius 3 is 2.76 bits per heavy atom. The van der Waals surface area contributed by atoms with Crippen molar-refractivity contribution in [1.82, 2.24) is 0 Å². The highest BCUT2D eigenvalue weighted by Gasteiger charge is 2.10. The van der Waals surface area contributed by atoms with E-state index in [0.29, 0.717) is 6.42 Å². The van der Waals surface area contributed by atoms with Crippen molar-refractivity contribution in [3.63, 3.8) is 0 Å². The molecule has 1 aliphatic rings. The molecule has 1 N–H and O–H groups in total. The van der Waals surface area contributed by atoms with E-state index in [9.17, 15) is 0 Å². The summed E-state index contributed by atoms with van der Waals surface area (Å²) in [5.74, 6) is 6.05. The van der Waals surface area contributed by atoms with Gasteiger partial charge in [-0.3, -0.25) is 0 Å². The fraction of sp³-hybridized carbons (Fsp3) is 0.467. The lowest BCUT2D eigenvalue weighted by Gasteiger charge is -2.28. The molecule has 0 aromatic heterocycles. The molecule has 0 aliphatic carbocycles. The Labute approximate surface area is 103 Å². The van der Waals surface area contributed by atoms with Crippen molar-refractivity contribution in [3.8, 4) is 11.8 Å². The molecule has 0 saturated carbocycles. The third kappa shape index (κ3) is 3.51. The van der Waals surface area contributed by atoms with Crippen molar-refractivity contribution in [3.05, 3.63) is 29.8 Å². The highest BCUT2D eigenvalue weighted by atomic mass is 16.2. The molecule has 90 valence electrons. The van der Waals surface area contributed by atoms with Gasteiger partial charge in [-0.25, -0.2) is 0 Å². The number of anilines is 1. The van der Waals surface area contributed by atoms with Gasteiger partial charge in [0, 0.05) is 30.8 Å². The summed E-state index contributed by atoms with van der Waals surface area (Å²) >= 11 is 0. The van der Waals surface area contributed by atoms with Crippen LogP contribution in [0.1, 0.15) is 31.2 Å². The van der Waals surface area contributed by atoms with Crippen LogP contribution in [0.25, 0.3) is 0 Å². The molecule has 0 bridgehead atoms. The molecule has 17 heavy (non-hydrogen) atoms. The van der Waals surface area contributed by atoms with Crippen LogP contribution in [0.15, 0.2) is 24.3 Å². The molecule has 2 rings (SSSR count). The number of aliphatic hydroxyl groups excluding tert-OH is 1. The van der Waals surface area contributed by atoms with E-state index in [4.69, 9.17) is 5.11 Å². The molecule has 1 aliphatic heterocycles. The lowest BCUT2D eigenvalue weighted by atomic mass is 10.1. The van der Waals surface area contributed by atoms with Crippen LogP contribution in [0.3, 0.4) is 0 Å². The molecular formula is C15H19NO. The fourth-order valence-electron chi connectivity index (χ4n) is 2.15. The molecule has 1 saturated heterocycles. The van der Waals surface area contributed by atoms with Gasteiger partial charge in [-0.1, -0.05) is 17.9 Å². The van der Waals surface area contributed by atoms with Crippen LogP contribution in [-0.4, -0.2) is 24.8 Å². The van der Waals surface area contributed by atoms with Crippen LogP contribution >= 0.6 is 0 Å². The lowest BCUT2D eigenvalue weighted by molar-refractivity contribution is 0.305. The molecule has 0 amide bonds. The monoisotopic (exact) mass is 229 g/mol. The molecule has 1 heterocycles. The summed E-state index contributed by atoms with van der Waals surface area (Å²) < 4.78 is 0. The SMILES string of the molecule is OCCC#Cc1cccc(N2CCCCC2)c1. The quantitative estimate of drug-likeness (QED) is 0.787. The molecule has 0 radical (unpaired) electrons. The van der Waals surface area contributed by atoms with E-state index < -0.39 is 0 Å². The highest BCUT2D eigenvalue weighted by molar-refractivity contribution is 5.52. The Morgan fingerprint density at radius 1 is 1.18 bits per heavy atom. The summed E-state index contributed by atoms with van der Waals surface area (Å²) in [7, 11) is 0. The Bertz CT molecular complexity index is 410. The Balaban J connectivity index is 2.08. The Morgan fingerprint density at radius 2 is 2.00 bits per heavy atom. The maximum Gasteiger partial charge on any atom is 0.0540 e. The van der Waals surface area contributed by atoms with E-state index in [1.165, 1.54) is 24.9 Å². The first-order chi connectivity index (χ1) is 8.40. The van der Waals surface area contributed by atoms with E-state index in [1.807, 2.05) is 6.07 Å². The van der Waals surface area contributed by atoms with Crippen LogP contribution < -0.4 is 4.90 Å². The first kappa shape index (κ1) is 12.0. The van der Waals surface area contributed by atoms with E-state index >= 15 is 0 Å². The summed E-state index contributed by atoms with van der Waals surface area (Å²) in [4.78, 5) is 2.43. The van der Waals surface area contributed by atoms with Gasteiger partial charge in [-0.05, 0) is 37.5 Å². The number of piperidine rings is 1. The van der Waals surface area contributed by atoms with Crippen molar-refractivity contribution in [2.45, 2.75) is 25.7 Å². The molecule has 0 atom stereocenters. The number of hydrogen-bond acceptors (Lipinski definition) is 2. The predicted octanol–water partition coefficient (Wildman–Crippen LogP) is 2.41. The summed E-state index contributed by atoms with van der Waals surface area (Å²) in [6, 6.07) is 8.39. The lowest BCUT2D eigenvalue weighted by Crippen LogP contribution is -2.29. The van der Waals surface area contributed by atoms with Gasteiger partial charge in [0.15, 0.2) is 0 Å². The molecule has 1 aromatic carbocycles. The molecule has 2 heteroatoms. The minimum atomic E-state index is 0.138. The summed E-state index contributed by atoms with van der Waals surface area (Å²) in [5, 5.41) is 8.69. The third-order valence-corrected chi connectivity index (χ3v) is 3.04. The van der Waals surface area contributed by atoms with Gasteiger partial charge in [0.05, 0.1) is 6.61 Å². The number of hydrogen-bond donors (Lipinski definition) is 1. The van der Waals surface area contributed by atoms with Crippen molar-refractivity contribution >= 4 is 5.69 Å². The highest BCUT2D eigenvalue weighted by Crippen LogP contribution is 2.20. The Kier molecular flexibility index (Phi) is 4.46. The predicted molar refractivity (Wildman–Crippen MR) is 71.1 cm³/mol. The van der Waals surface area contributed by atoms with Crippen LogP contribution in [0.4, 0.5) is 5.69 Å². The Hall–Kier alpha value is -1.46. The minimum absolute atomic E-state index is 0.138. The van der Waals surface area contributed by atoms with E-state index in [0.717, 1.165) is 18.7 Å². The summed E-state index contributed by atoms with van der Waals surface area (Å²) in [6.45, 7) is 2.46. The zero-order valence-electron chi connectivity index (χ0n) is 10.2. The molecule has 0 spiro atoms. The normalized spacial score (nSPS) is 15.2. The van der Waals surface area contributed by atoms with Gasteiger partial charge in [0.1, 0.15) is 0 Å². The zero-order valence-corrected chi connectivity index (χ0v) is 10.2. The first-order valence-electron chi connectivity index (χ1n) is 6.35. The average Bonchev–Trinajstić information content (AvgIpc) is 2.41. The molecule has 2 nitrogen and oxygen atoms in total.